The number of rotatable bonds is 7. The molecule has 0 aliphatic carbocycles. The van der Waals surface area contributed by atoms with Gasteiger partial charge < -0.3 is 10.2 Å². The maximum absolute atomic E-state index is 12.1. The minimum absolute atomic E-state index is 0.173. The maximum Gasteiger partial charge on any atom is 0.241 e. The molecule has 0 aromatic heterocycles. The first-order chi connectivity index (χ1) is 9.72. The standard InChI is InChI=1S/C14H23N3O3S/c1-11-5-6-13(9-12(11)2)21(19,20)16-10-14(18)15-7-8-17(3)4/h5-6,9,16H,7-8,10H2,1-4H3,(H,15,18). The highest BCUT2D eigenvalue weighted by Gasteiger charge is 2.15. The Hall–Kier alpha value is -1.44. The molecule has 2 N–H and O–H groups in total. The van der Waals surface area contributed by atoms with Gasteiger partial charge in [0, 0.05) is 13.1 Å². The second kappa shape index (κ2) is 7.53. The van der Waals surface area contributed by atoms with Gasteiger partial charge >= 0.3 is 0 Å². The number of nitrogens with zero attached hydrogens (tertiary/aromatic N) is 1. The number of nitrogens with one attached hydrogen (secondary N) is 2. The molecule has 0 aliphatic rings. The summed E-state index contributed by atoms with van der Waals surface area (Å²) in [5.41, 5.74) is 1.92. The average molecular weight is 313 g/mol. The molecule has 0 saturated carbocycles. The highest BCUT2D eigenvalue weighted by atomic mass is 32.2. The van der Waals surface area contributed by atoms with Crippen LogP contribution in [0.3, 0.4) is 0 Å². The van der Waals surface area contributed by atoms with E-state index in [1.807, 2.05) is 32.8 Å². The maximum atomic E-state index is 12.1. The third-order valence-electron chi connectivity index (χ3n) is 3.09. The average Bonchev–Trinajstić information content (AvgIpc) is 2.39. The first-order valence-corrected chi connectivity index (χ1v) is 8.19. The molecule has 0 unspecified atom stereocenters. The molecule has 118 valence electrons. The molecule has 7 heteroatoms. The van der Waals surface area contributed by atoms with Crippen LogP contribution in [0.2, 0.25) is 0 Å². The third kappa shape index (κ3) is 5.82. The fourth-order valence-electron chi connectivity index (χ4n) is 1.61. The zero-order chi connectivity index (χ0) is 16.0. The first-order valence-electron chi connectivity index (χ1n) is 6.71. The molecule has 1 rings (SSSR count). The monoisotopic (exact) mass is 313 g/mol. The van der Waals surface area contributed by atoms with Gasteiger partial charge in [-0.3, -0.25) is 4.79 Å². The number of likely N-dealkylation sites (N-methyl/N-ethyl adjacent to an activating group) is 1. The van der Waals surface area contributed by atoms with E-state index in [4.69, 9.17) is 0 Å². The molecule has 1 aromatic carbocycles. The second-order valence-electron chi connectivity index (χ2n) is 5.22. The quantitative estimate of drug-likeness (QED) is 0.757. The fourth-order valence-corrected chi connectivity index (χ4v) is 2.67. The van der Waals surface area contributed by atoms with Crippen molar-refractivity contribution in [2.75, 3.05) is 33.7 Å². The number of amides is 1. The lowest BCUT2D eigenvalue weighted by molar-refractivity contribution is -0.119. The van der Waals surface area contributed by atoms with Crippen LogP contribution in [0.5, 0.6) is 0 Å². The molecule has 0 saturated heterocycles. The highest BCUT2D eigenvalue weighted by Crippen LogP contribution is 2.14. The van der Waals surface area contributed by atoms with Crippen molar-refractivity contribution in [1.29, 1.82) is 0 Å². The second-order valence-corrected chi connectivity index (χ2v) is 6.99. The molecular formula is C14H23N3O3S. The van der Waals surface area contributed by atoms with Gasteiger partial charge in [-0.2, -0.15) is 0 Å². The number of benzene rings is 1. The molecule has 0 fully saturated rings. The summed E-state index contributed by atoms with van der Waals surface area (Å²) < 4.78 is 26.5. The number of aryl methyl sites for hydroxylation is 2. The summed E-state index contributed by atoms with van der Waals surface area (Å²) in [6.07, 6.45) is 0. The van der Waals surface area contributed by atoms with Crippen molar-refractivity contribution in [1.82, 2.24) is 14.9 Å². The zero-order valence-electron chi connectivity index (χ0n) is 12.9. The van der Waals surface area contributed by atoms with Crippen LogP contribution in [0.1, 0.15) is 11.1 Å². The Balaban J connectivity index is 2.56. The molecule has 6 nitrogen and oxygen atoms in total. The summed E-state index contributed by atoms with van der Waals surface area (Å²) in [5.74, 6) is -0.343. The van der Waals surface area contributed by atoms with Gasteiger partial charge in [-0.1, -0.05) is 6.07 Å². The Kier molecular flexibility index (Phi) is 6.32. The number of carbonyl (C=O) groups excluding carboxylic acids is 1. The van der Waals surface area contributed by atoms with Gasteiger partial charge in [-0.05, 0) is 51.2 Å². The highest BCUT2D eigenvalue weighted by molar-refractivity contribution is 7.89. The van der Waals surface area contributed by atoms with Crippen molar-refractivity contribution in [2.24, 2.45) is 0 Å². The minimum atomic E-state index is -3.66. The van der Waals surface area contributed by atoms with Crippen molar-refractivity contribution in [3.63, 3.8) is 0 Å². The van der Waals surface area contributed by atoms with E-state index in [0.717, 1.165) is 11.1 Å². The lowest BCUT2D eigenvalue weighted by Crippen LogP contribution is -2.39. The molecule has 1 amide bonds. The predicted octanol–water partition coefficient (Wildman–Crippen LogP) is 0.260. The number of hydrogen-bond acceptors (Lipinski definition) is 4. The number of sulfonamides is 1. The fraction of sp³-hybridized carbons (Fsp3) is 0.500. The summed E-state index contributed by atoms with van der Waals surface area (Å²) >= 11 is 0. The van der Waals surface area contributed by atoms with Crippen LogP contribution in [0, 0.1) is 13.8 Å². The van der Waals surface area contributed by atoms with Crippen LogP contribution in [0.4, 0.5) is 0 Å². The minimum Gasteiger partial charge on any atom is -0.354 e. The number of hydrogen-bond donors (Lipinski definition) is 2. The molecule has 1 aromatic rings. The third-order valence-corrected chi connectivity index (χ3v) is 4.49. The smallest absolute Gasteiger partial charge is 0.241 e. The van der Waals surface area contributed by atoms with Crippen molar-refractivity contribution in [3.8, 4) is 0 Å². The van der Waals surface area contributed by atoms with Crippen LogP contribution >= 0.6 is 0 Å². The summed E-state index contributed by atoms with van der Waals surface area (Å²) in [4.78, 5) is 13.7. The molecule has 0 spiro atoms. The lowest BCUT2D eigenvalue weighted by atomic mass is 10.1. The van der Waals surface area contributed by atoms with Gasteiger partial charge in [0.25, 0.3) is 0 Å². The van der Waals surface area contributed by atoms with Gasteiger partial charge in [0.2, 0.25) is 15.9 Å². The molecule has 0 bridgehead atoms. The molecule has 0 atom stereocenters. The van der Waals surface area contributed by atoms with E-state index >= 15 is 0 Å². The van der Waals surface area contributed by atoms with E-state index < -0.39 is 10.0 Å². The van der Waals surface area contributed by atoms with Crippen LogP contribution in [-0.2, 0) is 14.8 Å². The van der Waals surface area contributed by atoms with E-state index in [1.54, 1.807) is 12.1 Å². The summed E-state index contributed by atoms with van der Waals surface area (Å²) in [5, 5.41) is 2.65. The Morgan fingerprint density at radius 1 is 1.19 bits per heavy atom. The van der Waals surface area contributed by atoms with Crippen LogP contribution < -0.4 is 10.0 Å². The summed E-state index contributed by atoms with van der Waals surface area (Å²) in [6.45, 7) is 4.69. The Labute approximate surface area is 126 Å². The van der Waals surface area contributed by atoms with Crippen LogP contribution in [-0.4, -0.2) is 53.0 Å². The molecule has 0 aliphatic heterocycles. The lowest BCUT2D eigenvalue weighted by Gasteiger charge is -2.11. The Morgan fingerprint density at radius 3 is 2.43 bits per heavy atom. The zero-order valence-corrected chi connectivity index (χ0v) is 13.8. The number of carbonyl (C=O) groups is 1. The van der Waals surface area contributed by atoms with Gasteiger partial charge in [0.05, 0.1) is 11.4 Å². The van der Waals surface area contributed by atoms with Crippen LogP contribution in [0.25, 0.3) is 0 Å². The van der Waals surface area contributed by atoms with Crippen molar-refractivity contribution in [3.05, 3.63) is 29.3 Å². The molecular weight excluding hydrogens is 290 g/mol. The predicted molar refractivity (Wildman–Crippen MR) is 82.7 cm³/mol. The Bertz CT molecular complexity index is 597. The van der Waals surface area contributed by atoms with E-state index in [9.17, 15) is 13.2 Å². The van der Waals surface area contributed by atoms with Gasteiger partial charge in [0.1, 0.15) is 0 Å². The molecule has 0 heterocycles. The molecule has 21 heavy (non-hydrogen) atoms. The van der Waals surface area contributed by atoms with E-state index in [2.05, 4.69) is 10.0 Å². The van der Waals surface area contributed by atoms with E-state index in [0.29, 0.717) is 13.1 Å². The Morgan fingerprint density at radius 2 is 1.86 bits per heavy atom. The molecule has 0 radical (unpaired) electrons. The summed E-state index contributed by atoms with van der Waals surface area (Å²) in [7, 11) is 0.138. The van der Waals surface area contributed by atoms with Crippen molar-refractivity contribution >= 4 is 15.9 Å². The van der Waals surface area contributed by atoms with Crippen molar-refractivity contribution in [2.45, 2.75) is 18.7 Å². The van der Waals surface area contributed by atoms with E-state index in [1.165, 1.54) is 6.07 Å². The van der Waals surface area contributed by atoms with Crippen molar-refractivity contribution < 1.29 is 13.2 Å². The SMILES string of the molecule is Cc1ccc(S(=O)(=O)NCC(=O)NCCN(C)C)cc1C. The normalized spacial score (nSPS) is 11.7. The van der Waals surface area contributed by atoms with Gasteiger partial charge in [0.15, 0.2) is 0 Å². The van der Waals surface area contributed by atoms with Gasteiger partial charge in [-0.15, -0.1) is 0 Å². The van der Waals surface area contributed by atoms with Gasteiger partial charge in [-0.25, -0.2) is 13.1 Å². The van der Waals surface area contributed by atoms with E-state index in [-0.39, 0.29) is 17.3 Å². The van der Waals surface area contributed by atoms with Crippen LogP contribution in [0.15, 0.2) is 23.1 Å². The summed E-state index contributed by atoms with van der Waals surface area (Å²) in [6, 6.07) is 4.89. The largest absolute Gasteiger partial charge is 0.354 e. The first kappa shape index (κ1) is 17.6. The topological polar surface area (TPSA) is 78.5 Å².